The number of ether oxygens (including phenoxy) is 2. The maximum absolute atomic E-state index is 11.7. The summed E-state index contributed by atoms with van der Waals surface area (Å²) < 4.78 is 10.0. The molecule has 0 saturated carbocycles. The molecule has 1 aromatic carbocycles. The van der Waals surface area contributed by atoms with Crippen molar-refractivity contribution >= 4 is 29.3 Å². The van der Waals surface area contributed by atoms with E-state index in [1.165, 1.54) is 19.2 Å². The fourth-order valence-corrected chi connectivity index (χ4v) is 1.74. The molecule has 3 N–H and O–H groups in total. The zero-order chi connectivity index (χ0) is 15.8. The van der Waals surface area contributed by atoms with Crippen molar-refractivity contribution in [2.45, 2.75) is 6.92 Å². The maximum atomic E-state index is 11.7. The van der Waals surface area contributed by atoms with Crippen LogP contribution in [0.5, 0.6) is 5.75 Å². The van der Waals surface area contributed by atoms with E-state index in [0.717, 1.165) is 0 Å². The number of hydrogen-bond acceptors (Lipinski definition) is 4. The molecule has 0 aliphatic carbocycles. The number of rotatable bonds is 7. The number of carboxylic acid groups (broad SMARTS) is 1. The van der Waals surface area contributed by atoms with Crippen LogP contribution in [-0.4, -0.2) is 44.0 Å². The number of anilines is 1. The highest BCUT2D eigenvalue weighted by Crippen LogP contribution is 2.30. The fraction of sp³-hybridized carbons (Fsp3) is 0.385. The summed E-state index contributed by atoms with van der Waals surface area (Å²) in [6, 6.07) is 2.11. The third kappa shape index (κ3) is 5.13. The van der Waals surface area contributed by atoms with Crippen LogP contribution in [0.25, 0.3) is 0 Å². The lowest BCUT2D eigenvalue weighted by molar-refractivity contribution is 0.0693. The van der Waals surface area contributed by atoms with Crippen molar-refractivity contribution in [2.24, 2.45) is 0 Å². The molecule has 0 atom stereocenters. The second kappa shape index (κ2) is 8.33. The standard InChI is InChI=1S/C13H17ClN2O5/c1-3-21-5-4-15-13(19)16-10-7-11(20-2)8(12(17)18)6-9(10)14/h6-7H,3-5H2,1-2H3,(H,17,18)(H2,15,16,19). The summed E-state index contributed by atoms with van der Waals surface area (Å²) in [4.78, 5) is 22.7. The lowest BCUT2D eigenvalue weighted by Gasteiger charge is -2.12. The number of methoxy groups -OCH3 is 1. The molecule has 0 aromatic heterocycles. The Morgan fingerprint density at radius 1 is 1.38 bits per heavy atom. The van der Waals surface area contributed by atoms with Crippen molar-refractivity contribution in [1.82, 2.24) is 5.32 Å². The van der Waals surface area contributed by atoms with E-state index in [1.807, 2.05) is 6.92 Å². The molecule has 0 bridgehead atoms. The van der Waals surface area contributed by atoms with Crippen LogP contribution in [0.1, 0.15) is 17.3 Å². The number of benzene rings is 1. The average molecular weight is 317 g/mol. The minimum absolute atomic E-state index is 0.0789. The Morgan fingerprint density at radius 2 is 2.10 bits per heavy atom. The molecule has 0 unspecified atom stereocenters. The molecule has 1 rings (SSSR count). The van der Waals surface area contributed by atoms with E-state index in [2.05, 4.69) is 10.6 Å². The Balaban J connectivity index is 2.75. The van der Waals surface area contributed by atoms with Crippen LogP contribution in [0.2, 0.25) is 5.02 Å². The van der Waals surface area contributed by atoms with Gasteiger partial charge in [-0.15, -0.1) is 0 Å². The smallest absolute Gasteiger partial charge is 0.339 e. The highest BCUT2D eigenvalue weighted by molar-refractivity contribution is 6.34. The Kier molecular flexibility index (Phi) is 6.77. The van der Waals surface area contributed by atoms with Gasteiger partial charge in [0.25, 0.3) is 0 Å². The van der Waals surface area contributed by atoms with Gasteiger partial charge in [0.1, 0.15) is 11.3 Å². The fourth-order valence-electron chi connectivity index (χ4n) is 1.53. The van der Waals surface area contributed by atoms with Gasteiger partial charge in [0.05, 0.1) is 24.4 Å². The Morgan fingerprint density at radius 3 is 2.67 bits per heavy atom. The number of hydrogen-bond donors (Lipinski definition) is 3. The van der Waals surface area contributed by atoms with Crippen LogP contribution in [0.15, 0.2) is 12.1 Å². The molecule has 8 heteroatoms. The lowest BCUT2D eigenvalue weighted by atomic mass is 10.2. The van der Waals surface area contributed by atoms with E-state index in [-0.39, 0.29) is 22.0 Å². The van der Waals surface area contributed by atoms with Gasteiger partial charge in [-0.05, 0) is 13.0 Å². The lowest BCUT2D eigenvalue weighted by Crippen LogP contribution is -2.31. The van der Waals surface area contributed by atoms with Crippen LogP contribution in [-0.2, 0) is 4.74 Å². The molecule has 7 nitrogen and oxygen atoms in total. The monoisotopic (exact) mass is 316 g/mol. The first-order valence-electron chi connectivity index (χ1n) is 6.23. The minimum Gasteiger partial charge on any atom is -0.496 e. The van der Waals surface area contributed by atoms with Crippen LogP contribution >= 0.6 is 11.6 Å². The number of carbonyl (C=O) groups is 2. The number of nitrogens with one attached hydrogen (secondary N) is 2. The molecule has 1 aromatic rings. The van der Waals surface area contributed by atoms with E-state index in [0.29, 0.717) is 19.8 Å². The van der Waals surface area contributed by atoms with Gasteiger partial charge in [-0.2, -0.15) is 0 Å². The third-order valence-electron chi connectivity index (χ3n) is 2.50. The number of halogens is 1. The van der Waals surface area contributed by atoms with Gasteiger partial charge in [0, 0.05) is 19.2 Å². The SMILES string of the molecule is CCOCCNC(=O)Nc1cc(OC)c(C(=O)O)cc1Cl. The van der Waals surface area contributed by atoms with Crippen LogP contribution in [0, 0.1) is 0 Å². The zero-order valence-corrected chi connectivity index (χ0v) is 12.5. The topological polar surface area (TPSA) is 96.9 Å². The normalized spacial score (nSPS) is 10.0. The zero-order valence-electron chi connectivity index (χ0n) is 11.7. The van der Waals surface area contributed by atoms with E-state index < -0.39 is 12.0 Å². The van der Waals surface area contributed by atoms with E-state index >= 15 is 0 Å². The largest absolute Gasteiger partial charge is 0.496 e. The predicted molar refractivity (Wildman–Crippen MR) is 78.5 cm³/mol. The van der Waals surface area contributed by atoms with Crippen LogP contribution < -0.4 is 15.4 Å². The Bertz CT molecular complexity index is 522. The minimum atomic E-state index is -1.17. The predicted octanol–water partition coefficient (Wildman–Crippen LogP) is 2.20. The second-order valence-corrected chi connectivity index (χ2v) is 4.32. The van der Waals surface area contributed by atoms with Crippen molar-refractivity contribution in [3.8, 4) is 5.75 Å². The average Bonchev–Trinajstić information content (AvgIpc) is 2.45. The maximum Gasteiger partial charge on any atom is 0.339 e. The molecular formula is C13H17ClN2O5. The molecule has 0 aliphatic rings. The van der Waals surface area contributed by atoms with Gasteiger partial charge < -0.3 is 25.2 Å². The summed E-state index contributed by atoms with van der Waals surface area (Å²) in [5.74, 6) is -1.06. The summed E-state index contributed by atoms with van der Waals surface area (Å²) in [7, 11) is 1.33. The molecule has 0 spiro atoms. The number of urea groups is 1. The number of aromatic carboxylic acids is 1. The molecule has 21 heavy (non-hydrogen) atoms. The summed E-state index contributed by atoms with van der Waals surface area (Å²) in [5, 5.41) is 14.2. The summed E-state index contributed by atoms with van der Waals surface area (Å²) in [6.45, 7) is 3.18. The first kappa shape index (κ1) is 17.1. The first-order valence-corrected chi connectivity index (χ1v) is 6.60. The van der Waals surface area contributed by atoms with Gasteiger partial charge >= 0.3 is 12.0 Å². The van der Waals surface area contributed by atoms with E-state index in [9.17, 15) is 9.59 Å². The number of carbonyl (C=O) groups excluding carboxylic acids is 1. The van der Waals surface area contributed by atoms with Crippen molar-refractivity contribution in [3.63, 3.8) is 0 Å². The molecule has 0 heterocycles. The molecular weight excluding hydrogens is 300 g/mol. The Hall–Kier alpha value is -1.99. The quantitative estimate of drug-likeness (QED) is 0.670. The van der Waals surface area contributed by atoms with Crippen LogP contribution in [0.3, 0.4) is 0 Å². The highest BCUT2D eigenvalue weighted by atomic mass is 35.5. The molecule has 116 valence electrons. The van der Waals surface area contributed by atoms with Gasteiger partial charge in [-0.1, -0.05) is 11.6 Å². The number of amides is 2. The van der Waals surface area contributed by atoms with Gasteiger partial charge in [0.2, 0.25) is 0 Å². The molecule has 2 amide bonds. The highest BCUT2D eigenvalue weighted by Gasteiger charge is 2.16. The summed E-state index contributed by atoms with van der Waals surface area (Å²) >= 11 is 5.94. The van der Waals surface area contributed by atoms with Crippen LogP contribution in [0.4, 0.5) is 10.5 Å². The summed E-state index contributed by atoms with van der Waals surface area (Å²) in [5.41, 5.74) is 0.178. The third-order valence-corrected chi connectivity index (χ3v) is 2.82. The van der Waals surface area contributed by atoms with E-state index in [4.69, 9.17) is 26.2 Å². The number of carboxylic acids is 1. The molecule has 0 fully saturated rings. The van der Waals surface area contributed by atoms with Crippen molar-refractivity contribution < 1.29 is 24.2 Å². The van der Waals surface area contributed by atoms with Crippen molar-refractivity contribution in [3.05, 3.63) is 22.7 Å². The van der Waals surface area contributed by atoms with E-state index in [1.54, 1.807) is 0 Å². The van der Waals surface area contributed by atoms with Crippen molar-refractivity contribution in [1.29, 1.82) is 0 Å². The van der Waals surface area contributed by atoms with Crippen molar-refractivity contribution in [2.75, 3.05) is 32.2 Å². The van der Waals surface area contributed by atoms with Gasteiger partial charge in [0.15, 0.2) is 0 Å². The second-order valence-electron chi connectivity index (χ2n) is 3.92. The Labute approximate surface area is 127 Å². The first-order chi connectivity index (χ1) is 9.99. The molecule has 0 radical (unpaired) electrons. The van der Waals surface area contributed by atoms with Gasteiger partial charge in [-0.25, -0.2) is 9.59 Å². The summed E-state index contributed by atoms with van der Waals surface area (Å²) in [6.07, 6.45) is 0. The molecule has 0 saturated heterocycles. The van der Waals surface area contributed by atoms with Gasteiger partial charge in [-0.3, -0.25) is 0 Å². The molecule has 0 aliphatic heterocycles.